The molecule has 0 aliphatic rings. The van der Waals surface area contributed by atoms with E-state index in [0.717, 1.165) is 12.1 Å². The maximum atomic E-state index is 12.4. The Hall–Kier alpha value is -2.50. The zero-order valence-electron chi connectivity index (χ0n) is 10.8. The summed E-state index contributed by atoms with van der Waals surface area (Å²) in [6, 6.07) is 11.0. The number of halogens is 3. The molecular weight excluding hydrogens is 283 g/mol. The van der Waals surface area contributed by atoms with E-state index in [1.807, 2.05) is 0 Å². The second kappa shape index (κ2) is 5.87. The van der Waals surface area contributed by atoms with Crippen molar-refractivity contribution in [2.24, 2.45) is 0 Å². The number of aromatic carboxylic acids is 1. The topological polar surface area (TPSA) is 49.3 Å². The second-order valence-corrected chi connectivity index (χ2v) is 4.43. The summed E-state index contributed by atoms with van der Waals surface area (Å²) in [5, 5.41) is 11.8. The molecule has 0 aliphatic heterocycles. The van der Waals surface area contributed by atoms with Gasteiger partial charge in [-0.2, -0.15) is 13.2 Å². The largest absolute Gasteiger partial charge is 0.478 e. The van der Waals surface area contributed by atoms with Crippen LogP contribution < -0.4 is 5.32 Å². The highest BCUT2D eigenvalue weighted by molar-refractivity contribution is 5.87. The number of alkyl halides is 3. The van der Waals surface area contributed by atoms with Gasteiger partial charge in [-0.3, -0.25) is 0 Å². The van der Waals surface area contributed by atoms with E-state index in [1.165, 1.54) is 24.3 Å². The molecule has 0 unspecified atom stereocenters. The van der Waals surface area contributed by atoms with E-state index in [-0.39, 0.29) is 5.56 Å². The summed E-state index contributed by atoms with van der Waals surface area (Å²) >= 11 is 0. The van der Waals surface area contributed by atoms with Crippen LogP contribution in [0.5, 0.6) is 0 Å². The molecule has 21 heavy (non-hydrogen) atoms. The molecule has 0 saturated heterocycles. The van der Waals surface area contributed by atoms with Crippen molar-refractivity contribution in [1.29, 1.82) is 0 Å². The molecule has 2 aromatic rings. The lowest BCUT2D eigenvalue weighted by atomic mass is 10.1. The number of hydrogen-bond acceptors (Lipinski definition) is 2. The van der Waals surface area contributed by atoms with Crippen LogP contribution in [0.4, 0.5) is 18.9 Å². The van der Waals surface area contributed by atoms with Gasteiger partial charge in [0.15, 0.2) is 0 Å². The first-order valence-electron chi connectivity index (χ1n) is 6.09. The summed E-state index contributed by atoms with van der Waals surface area (Å²) in [4.78, 5) is 10.7. The summed E-state index contributed by atoms with van der Waals surface area (Å²) in [5.41, 5.74) is 0.886. The molecule has 6 heteroatoms. The van der Waals surface area contributed by atoms with E-state index in [2.05, 4.69) is 5.32 Å². The molecule has 2 aromatic carbocycles. The predicted molar refractivity (Wildman–Crippen MR) is 72.2 cm³/mol. The van der Waals surface area contributed by atoms with Gasteiger partial charge in [0.05, 0.1) is 11.1 Å². The molecule has 0 fully saturated rings. The van der Waals surface area contributed by atoms with E-state index in [0.29, 0.717) is 17.8 Å². The number of carboxylic acids is 1. The van der Waals surface area contributed by atoms with Crippen LogP contribution >= 0.6 is 0 Å². The Balaban J connectivity index is 1.98. The summed E-state index contributed by atoms with van der Waals surface area (Å²) in [6.07, 6.45) is -4.33. The van der Waals surface area contributed by atoms with E-state index in [1.54, 1.807) is 12.1 Å². The average molecular weight is 295 g/mol. The average Bonchev–Trinajstić information content (AvgIpc) is 2.45. The third-order valence-corrected chi connectivity index (χ3v) is 2.91. The monoisotopic (exact) mass is 295 g/mol. The van der Waals surface area contributed by atoms with E-state index < -0.39 is 17.7 Å². The number of carbonyl (C=O) groups is 1. The van der Waals surface area contributed by atoms with Crippen molar-refractivity contribution in [2.45, 2.75) is 12.7 Å². The van der Waals surface area contributed by atoms with Crippen molar-refractivity contribution in [3.63, 3.8) is 0 Å². The maximum absolute atomic E-state index is 12.4. The number of rotatable bonds is 4. The Kier molecular flexibility index (Phi) is 4.16. The molecule has 0 aliphatic carbocycles. The van der Waals surface area contributed by atoms with Crippen LogP contribution in [0.15, 0.2) is 48.5 Å². The van der Waals surface area contributed by atoms with Gasteiger partial charge in [-0.1, -0.05) is 12.1 Å². The van der Waals surface area contributed by atoms with Gasteiger partial charge in [0.2, 0.25) is 0 Å². The van der Waals surface area contributed by atoms with Gasteiger partial charge in [-0.15, -0.1) is 0 Å². The third kappa shape index (κ3) is 3.98. The van der Waals surface area contributed by atoms with Crippen molar-refractivity contribution in [3.8, 4) is 0 Å². The Labute approximate surface area is 119 Å². The zero-order valence-corrected chi connectivity index (χ0v) is 10.8. The molecule has 3 nitrogen and oxygen atoms in total. The van der Waals surface area contributed by atoms with Crippen molar-refractivity contribution in [3.05, 3.63) is 65.2 Å². The Morgan fingerprint density at radius 3 is 2.05 bits per heavy atom. The smallest absolute Gasteiger partial charge is 0.416 e. The number of nitrogens with one attached hydrogen (secondary N) is 1. The van der Waals surface area contributed by atoms with Crippen LogP contribution in [0, 0.1) is 0 Å². The molecule has 2 N–H and O–H groups in total. The van der Waals surface area contributed by atoms with Crippen LogP contribution in [-0.2, 0) is 12.7 Å². The second-order valence-electron chi connectivity index (χ2n) is 4.43. The number of hydrogen-bond donors (Lipinski definition) is 2. The molecule has 0 spiro atoms. The molecule has 0 aromatic heterocycles. The van der Waals surface area contributed by atoms with Crippen LogP contribution in [-0.4, -0.2) is 11.1 Å². The minimum absolute atomic E-state index is 0.176. The fraction of sp³-hybridized carbons (Fsp3) is 0.133. The number of carboxylic acid groups (broad SMARTS) is 1. The standard InChI is InChI=1S/C15H12F3NO2/c16-15(17,18)12-5-1-10(2-6-12)9-19-13-7-3-11(4-8-13)14(20)21/h1-8,19H,9H2,(H,20,21). The SMILES string of the molecule is O=C(O)c1ccc(NCc2ccc(C(F)(F)F)cc2)cc1. The van der Waals surface area contributed by atoms with Crippen LogP contribution in [0.25, 0.3) is 0 Å². The third-order valence-electron chi connectivity index (χ3n) is 2.91. The molecule has 0 heterocycles. The lowest BCUT2D eigenvalue weighted by Crippen LogP contribution is -2.05. The normalized spacial score (nSPS) is 11.2. The fourth-order valence-corrected chi connectivity index (χ4v) is 1.75. The summed E-state index contributed by atoms with van der Waals surface area (Å²) in [5.74, 6) is -1.01. The molecule has 2 rings (SSSR count). The van der Waals surface area contributed by atoms with Gasteiger partial charge >= 0.3 is 12.1 Å². The molecule has 0 bridgehead atoms. The van der Waals surface area contributed by atoms with Crippen molar-refractivity contribution in [1.82, 2.24) is 0 Å². The fourth-order valence-electron chi connectivity index (χ4n) is 1.75. The first-order chi connectivity index (χ1) is 9.86. The quantitative estimate of drug-likeness (QED) is 0.895. The summed E-state index contributed by atoms with van der Waals surface area (Å²) in [7, 11) is 0. The highest BCUT2D eigenvalue weighted by Gasteiger charge is 2.29. The van der Waals surface area contributed by atoms with Crippen molar-refractivity contribution >= 4 is 11.7 Å². The van der Waals surface area contributed by atoms with Crippen molar-refractivity contribution in [2.75, 3.05) is 5.32 Å². The first-order valence-corrected chi connectivity index (χ1v) is 6.09. The Bertz CT molecular complexity index is 619. The first kappa shape index (κ1) is 14.9. The molecule has 110 valence electrons. The predicted octanol–water partition coefficient (Wildman–Crippen LogP) is 4.02. The number of benzene rings is 2. The maximum Gasteiger partial charge on any atom is 0.416 e. The van der Waals surface area contributed by atoms with Crippen molar-refractivity contribution < 1.29 is 23.1 Å². The lowest BCUT2D eigenvalue weighted by Gasteiger charge is -2.09. The van der Waals surface area contributed by atoms with Crippen LogP contribution in [0.3, 0.4) is 0 Å². The highest BCUT2D eigenvalue weighted by Crippen LogP contribution is 2.29. The molecule has 0 saturated carbocycles. The molecule has 0 amide bonds. The molecular formula is C15H12F3NO2. The summed E-state index contributed by atoms with van der Waals surface area (Å²) in [6.45, 7) is 0.352. The van der Waals surface area contributed by atoms with Gasteiger partial charge in [0, 0.05) is 12.2 Å². The lowest BCUT2D eigenvalue weighted by molar-refractivity contribution is -0.137. The molecule has 0 atom stereocenters. The van der Waals surface area contributed by atoms with E-state index in [4.69, 9.17) is 5.11 Å². The number of anilines is 1. The highest BCUT2D eigenvalue weighted by atomic mass is 19.4. The summed E-state index contributed by atoms with van der Waals surface area (Å²) < 4.78 is 37.2. The Morgan fingerprint density at radius 1 is 1.00 bits per heavy atom. The van der Waals surface area contributed by atoms with E-state index >= 15 is 0 Å². The van der Waals surface area contributed by atoms with Gasteiger partial charge in [-0.25, -0.2) is 4.79 Å². The minimum Gasteiger partial charge on any atom is -0.478 e. The van der Waals surface area contributed by atoms with Gasteiger partial charge in [0.1, 0.15) is 0 Å². The van der Waals surface area contributed by atoms with Gasteiger partial charge < -0.3 is 10.4 Å². The minimum atomic E-state index is -4.33. The van der Waals surface area contributed by atoms with Gasteiger partial charge in [0.25, 0.3) is 0 Å². The zero-order chi connectivity index (χ0) is 15.5. The van der Waals surface area contributed by atoms with E-state index in [9.17, 15) is 18.0 Å². The van der Waals surface area contributed by atoms with Crippen LogP contribution in [0.1, 0.15) is 21.5 Å². The Morgan fingerprint density at radius 2 is 1.57 bits per heavy atom. The van der Waals surface area contributed by atoms with Crippen LogP contribution in [0.2, 0.25) is 0 Å². The molecule has 0 radical (unpaired) electrons. The van der Waals surface area contributed by atoms with Gasteiger partial charge in [-0.05, 0) is 42.0 Å².